The second-order valence-electron chi connectivity index (χ2n) is 3.91. The molecule has 1 aromatic heterocycles. The van der Waals surface area contributed by atoms with Crippen molar-refractivity contribution in [2.24, 2.45) is 5.73 Å². The number of nitrogens with zero attached hydrogens (tertiary/aromatic N) is 3. The Bertz CT molecular complexity index is 398. The van der Waals surface area contributed by atoms with Gasteiger partial charge in [0, 0.05) is 38.1 Å². The molecular weight excluding hydrogens is 256 g/mol. The number of carbonyl (C=O) groups is 1. The molecule has 0 aromatic carbocycles. The number of thiocarbonyl (C=S) groups is 1. The molecule has 92 valence electrons. The van der Waals surface area contributed by atoms with Crippen molar-refractivity contribution >= 4 is 34.5 Å². The number of hydrogen-bond donors (Lipinski definition) is 1. The first-order valence-electron chi connectivity index (χ1n) is 5.35. The van der Waals surface area contributed by atoms with Crippen molar-refractivity contribution in [1.29, 1.82) is 0 Å². The van der Waals surface area contributed by atoms with E-state index < -0.39 is 0 Å². The molecule has 17 heavy (non-hydrogen) atoms. The van der Waals surface area contributed by atoms with Gasteiger partial charge in [-0.3, -0.25) is 9.69 Å². The Kier molecular flexibility index (Phi) is 4.03. The van der Waals surface area contributed by atoms with Crippen molar-refractivity contribution in [2.45, 2.75) is 0 Å². The number of thiazole rings is 1. The number of rotatable bonds is 3. The lowest BCUT2D eigenvalue weighted by atomic mass is 10.3. The topological polar surface area (TPSA) is 62.5 Å². The van der Waals surface area contributed by atoms with E-state index in [-0.39, 0.29) is 5.91 Å². The van der Waals surface area contributed by atoms with Gasteiger partial charge in [-0.25, -0.2) is 4.98 Å². The average molecular weight is 270 g/mol. The van der Waals surface area contributed by atoms with Crippen molar-refractivity contribution in [3.63, 3.8) is 0 Å². The standard InChI is InChI=1S/C10H14N4OS2/c11-9(16)5-13-1-3-14(4-2-13)10(15)8-6-17-7-12-8/h6-7H,1-5H2,(H2,11,16). The van der Waals surface area contributed by atoms with Gasteiger partial charge in [0.25, 0.3) is 5.91 Å². The van der Waals surface area contributed by atoms with Crippen LogP contribution in [0.15, 0.2) is 10.9 Å². The van der Waals surface area contributed by atoms with Crippen LogP contribution < -0.4 is 5.73 Å². The van der Waals surface area contributed by atoms with E-state index in [9.17, 15) is 4.79 Å². The molecule has 0 unspecified atom stereocenters. The van der Waals surface area contributed by atoms with Crippen LogP contribution in [0.2, 0.25) is 0 Å². The van der Waals surface area contributed by atoms with E-state index in [4.69, 9.17) is 18.0 Å². The summed E-state index contributed by atoms with van der Waals surface area (Å²) >= 11 is 6.31. The minimum atomic E-state index is 0.0150. The zero-order valence-corrected chi connectivity index (χ0v) is 11.0. The molecule has 7 heteroatoms. The van der Waals surface area contributed by atoms with Crippen molar-refractivity contribution in [1.82, 2.24) is 14.8 Å². The number of nitrogens with two attached hydrogens (primary N) is 1. The van der Waals surface area contributed by atoms with Gasteiger partial charge in [-0.15, -0.1) is 11.3 Å². The van der Waals surface area contributed by atoms with Gasteiger partial charge in [0.15, 0.2) is 0 Å². The van der Waals surface area contributed by atoms with Crippen LogP contribution in [0.4, 0.5) is 0 Å². The highest BCUT2D eigenvalue weighted by Crippen LogP contribution is 2.08. The summed E-state index contributed by atoms with van der Waals surface area (Å²) < 4.78 is 0. The molecule has 1 aliphatic heterocycles. The average Bonchev–Trinajstić information content (AvgIpc) is 2.82. The summed E-state index contributed by atoms with van der Waals surface area (Å²) in [5.41, 5.74) is 7.71. The predicted molar refractivity (Wildman–Crippen MR) is 71.2 cm³/mol. The summed E-state index contributed by atoms with van der Waals surface area (Å²) in [5, 5.41) is 1.78. The van der Waals surface area contributed by atoms with E-state index in [1.807, 2.05) is 4.90 Å². The van der Waals surface area contributed by atoms with E-state index in [1.165, 1.54) is 11.3 Å². The molecule has 2 heterocycles. The second kappa shape index (κ2) is 5.52. The number of aromatic nitrogens is 1. The van der Waals surface area contributed by atoms with Crippen LogP contribution in [0, 0.1) is 0 Å². The number of piperazine rings is 1. The molecule has 0 aliphatic carbocycles. The van der Waals surface area contributed by atoms with Gasteiger partial charge in [-0.2, -0.15) is 0 Å². The summed E-state index contributed by atoms with van der Waals surface area (Å²) in [6.45, 7) is 3.67. The fourth-order valence-corrected chi connectivity index (χ4v) is 2.52. The van der Waals surface area contributed by atoms with Gasteiger partial charge in [0.1, 0.15) is 5.69 Å². The van der Waals surface area contributed by atoms with Gasteiger partial charge in [-0.1, -0.05) is 12.2 Å². The maximum atomic E-state index is 12.0. The van der Waals surface area contributed by atoms with E-state index in [2.05, 4.69) is 9.88 Å². The summed E-state index contributed by atoms with van der Waals surface area (Å²) in [4.78, 5) is 20.5. The Balaban J connectivity index is 1.87. The van der Waals surface area contributed by atoms with E-state index in [0.29, 0.717) is 30.3 Å². The lowest BCUT2D eigenvalue weighted by Gasteiger charge is -2.34. The molecule has 0 saturated carbocycles. The molecule has 2 N–H and O–H groups in total. The Morgan fingerprint density at radius 2 is 2.18 bits per heavy atom. The molecule has 0 spiro atoms. The summed E-state index contributed by atoms with van der Waals surface area (Å²) in [6, 6.07) is 0. The maximum absolute atomic E-state index is 12.0. The number of amides is 1. The molecule has 1 fully saturated rings. The van der Waals surface area contributed by atoms with Crippen LogP contribution in [-0.2, 0) is 0 Å². The molecule has 1 amide bonds. The number of carbonyl (C=O) groups excluding carboxylic acids is 1. The van der Waals surface area contributed by atoms with Crippen LogP contribution >= 0.6 is 23.6 Å². The zero-order chi connectivity index (χ0) is 12.3. The molecular formula is C10H14N4OS2. The third-order valence-corrected chi connectivity index (χ3v) is 3.41. The first kappa shape index (κ1) is 12.4. The SMILES string of the molecule is NC(=S)CN1CCN(C(=O)c2cscn2)CC1. The Hall–Kier alpha value is -1.05. The Morgan fingerprint density at radius 1 is 1.47 bits per heavy atom. The highest BCUT2D eigenvalue weighted by Gasteiger charge is 2.23. The summed E-state index contributed by atoms with van der Waals surface area (Å²) in [7, 11) is 0. The van der Waals surface area contributed by atoms with Crippen LogP contribution in [0.1, 0.15) is 10.5 Å². The van der Waals surface area contributed by atoms with Crippen LogP contribution in [-0.4, -0.2) is 58.4 Å². The zero-order valence-electron chi connectivity index (χ0n) is 9.33. The van der Waals surface area contributed by atoms with Crippen molar-refractivity contribution in [2.75, 3.05) is 32.7 Å². The fourth-order valence-electron chi connectivity index (χ4n) is 1.81. The summed E-state index contributed by atoms with van der Waals surface area (Å²) in [5.74, 6) is 0.0150. The van der Waals surface area contributed by atoms with Gasteiger partial charge >= 0.3 is 0 Å². The quantitative estimate of drug-likeness (QED) is 0.794. The minimum Gasteiger partial charge on any atom is -0.392 e. The Labute approximate surface area is 109 Å². The molecule has 1 saturated heterocycles. The van der Waals surface area contributed by atoms with Crippen molar-refractivity contribution in [3.8, 4) is 0 Å². The molecule has 0 bridgehead atoms. The molecule has 1 aromatic rings. The third kappa shape index (κ3) is 3.21. The largest absolute Gasteiger partial charge is 0.392 e. The third-order valence-electron chi connectivity index (χ3n) is 2.69. The lowest BCUT2D eigenvalue weighted by Crippen LogP contribution is -2.50. The smallest absolute Gasteiger partial charge is 0.273 e. The van der Waals surface area contributed by atoms with Crippen molar-refractivity contribution < 1.29 is 4.79 Å². The lowest BCUT2D eigenvalue weighted by molar-refractivity contribution is 0.0649. The predicted octanol–water partition coefficient (Wildman–Crippen LogP) is 0.187. The Morgan fingerprint density at radius 3 is 2.71 bits per heavy atom. The van der Waals surface area contributed by atoms with Crippen LogP contribution in [0.3, 0.4) is 0 Å². The van der Waals surface area contributed by atoms with Crippen LogP contribution in [0.25, 0.3) is 0 Å². The molecule has 5 nitrogen and oxygen atoms in total. The monoisotopic (exact) mass is 270 g/mol. The minimum absolute atomic E-state index is 0.0150. The molecule has 1 aliphatic rings. The van der Waals surface area contributed by atoms with E-state index in [0.717, 1.165) is 13.1 Å². The second-order valence-corrected chi connectivity index (χ2v) is 5.15. The van der Waals surface area contributed by atoms with Gasteiger partial charge in [-0.05, 0) is 0 Å². The summed E-state index contributed by atoms with van der Waals surface area (Å²) in [6.07, 6.45) is 0. The van der Waals surface area contributed by atoms with Gasteiger partial charge in [0.2, 0.25) is 0 Å². The maximum Gasteiger partial charge on any atom is 0.273 e. The first-order chi connectivity index (χ1) is 8.16. The molecule has 0 atom stereocenters. The molecule has 0 radical (unpaired) electrons. The van der Waals surface area contributed by atoms with E-state index in [1.54, 1.807) is 10.9 Å². The first-order valence-corrected chi connectivity index (χ1v) is 6.70. The van der Waals surface area contributed by atoms with Crippen molar-refractivity contribution in [3.05, 3.63) is 16.6 Å². The fraction of sp³-hybridized carbons (Fsp3) is 0.500. The van der Waals surface area contributed by atoms with E-state index >= 15 is 0 Å². The highest BCUT2D eigenvalue weighted by molar-refractivity contribution is 7.80. The normalized spacial score (nSPS) is 17.1. The number of hydrogen-bond acceptors (Lipinski definition) is 5. The van der Waals surface area contributed by atoms with Crippen LogP contribution in [0.5, 0.6) is 0 Å². The van der Waals surface area contributed by atoms with Gasteiger partial charge < -0.3 is 10.6 Å². The molecule has 2 rings (SSSR count). The highest BCUT2D eigenvalue weighted by atomic mass is 32.1. The van der Waals surface area contributed by atoms with Gasteiger partial charge in [0.05, 0.1) is 10.5 Å².